The predicted octanol–water partition coefficient (Wildman–Crippen LogP) is 2.68. The molecular formula is C16H14N2O. The maximum absolute atomic E-state index is 9.59. The number of H-pyrrole nitrogens is 1. The summed E-state index contributed by atoms with van der Waals surface area (Å²) < 4.78 is 0. The number of hydrogen-bond donors (Lipinski definition) is 2. The van der Waals surface area contributed by atoms with Crippen LogP contribution in [0.15, 0.2) is 36.7 Å². The van der Waals surface area contributed by atoms with E-state index in [1.165, 1.54) is 0 Å². The van der Waals surface area contributed by atoms with Crippen LogP contribution in [0.2, 0.25) is 0 Å². The molecule has 3 nitrogen and oxygen atoms in total. The Bertz CT molecular complexity index is 688. The Kier molecular flexibility index (Phi) is 3.42. The van der Waals surface area contributed by atoms with Crippen LogP contribution in [0, 0.1) is 23.2 Å². The summed E-state index contributed by atoms with van der Waals surface area (Å²) in [7, 11) is 0. The molecule has 0 unspecified atom stereocenters. The number of aromatic amines is 1. The van der Waals surface area contributed by atoms with E-state index in [2.05, 4.69) is 22.9 Å². The number of rotatable bonds is 1. The van der Waals surface area contributed by atoms with Crippen molar-refractivity contribution in [2.75, 3.05) is 0 Å². The van der Waals surface area contributed by atoms with E-state index in [1.807, 2.05) is 24.3 Å². The number of nitriles is 1. The number of nitrogens with zero attached hydrogens (tertiary/aromatic N) is 1. The summed E-state index contributed by atoms with van der Waals surface area (Å²) in [5.74, 6) is 5.70. The molecule has 0 bridgehead atoms. The van der Waals surface area contributed by atoms with E-state index in [-0.39, 0.29) is 0 Å². The van der Waals surface area contributed by atoms with Crippen molar-refractivity contribution >= 4 is 0 Å². The Labute approximate surface area is 112 Å². The fraction of sp³-hybridized carbons (Fsp3) is 0.188. The number of nitrogens with one attached hydrogen (secondary N) is 1. The van der Waals surface area contributed by atoms with Gasteiger partial charge in [0.25, 0.3) is 0 Å². The lowest BCUT2D eigenvalue weighted by molar-refractivity contribution is 0.143. The minimum atomic E-state index is -1.01. The minimum absolute atomic E-state index is 0.604. The quantitative estimate of drug-likeness (QED) is 0.764. The minimum Gasteiger partial charge on any atom is -0.378 e. The lowest BCUT2D eigenvalue weighted by Gasteiger charge is -2.06. The first-order valence-electron chi connectivity index (χ1n) is 5.92. The van der Waals surface area contributed by atoms with Crippen LogP contribution < -0.4 is 0 Å². The first-order chi connectivity index (χ1) is 8.99. The molecule has 0 radical (unpaired) electrons. The summed E-state index contributed by atoms with van der Waals surface area (Å²) in [5, 5.41) is 18.6. The SMILES string of the molecule is CC(C)(O)C#Cc1cccc(-c2c[nH]cc2C#N)c1. The lowest BCUT2D eigenvalue weighted by Crippen LogP contribution is -2.14. The van der Waals surface area contributed by atoms with Gasteiger partial charge in [0.15, 0.2) is 0 Å². The molecule has 94 valence electrons. The predicted molar refractivity (Wildman–Crippen MR) is 74.1 cm³/mol. The maximum atomic E-state index is 9.59. The number of aliphatic hydroxyl groups is 1. The molecule has 19 heavy (non-hydrogen) atoms. The molecule has 0 aliphatic rings. The second-order valence-electron chi connectivity index (χ2n) is 4.78. The van der Waals surface area contributed by atoms with Gasteiger partial charge in [-0.05, 0) is 31.5 Å². The van der Waals surface area contributed by atoms with Crippen LogP contribution in [-0.2, 0) is 0 Å². The monoisotopic (exact) mass is 250 g/mol. The number of hydrogen-bond acceptors (Lipinski definition) is 2. The molecule has 0 aliphatic heterocycles. The molecule has 1 aromatic heterocycles. The van der Waals surface area contributed by atoms with Crippen molar-refractivity contribution in [1.82, 2.24) is 4.98 Å². The van der Waals surface area contributed by atoms with Crippen LogP contribution in [0.5, 0.6) is 0 Å². The zero-order valence-electron chi connectivity index (χ0n) is 10.9. The average Bonchev–Trinajstić information content (AvgIpc) is 2.84. The lowest BCUT2D eigenvalue weighted by atomic mass is 10.0. The molecule has 1 heterocycles. The van der Waals surface area contributed by atoms with Crippen molar-refractivity contribution in [3.63, 3.8) is 0 Å². The zero-order valence-corrected chi connectivity index (χ0v) is 10.9. The molecule has 2 aromatic rings. The summed E-state index contributed by atoms with van der Waals surface area (Å²) in [4.78, 5) is 2.92. The van der Waals surface area contributed by atoms with Gasteiger partial charge in [-0.1, -0.05) is 24.0 Å². The molecule has 0 amide bonds. The molecule has 0 saturated carbocycles. The van der Waals surface area contributed by atoms with Gasteiger partial charge in [-0.25, -0.2) is 0 Å². The third-order valence-electron chi connectivity index (χ3n) is 2.55. The fourth-order valence-corrected chi connectivity index (χ4v) is 1.68. The molecular weight excluding hydrogens is 236 g/mol. The van der Waals surface area contributed by atoms with Gasteiger partial charge in [-0.2, -0.15) is 5.26 Å². The molecule has 2 rings (SSSR count). The Hall–Kier alpha value is -2.49. The molecule has 2 N–H and O–H groups in total. The summed E-state index contributed by atoms with van der Waals surface area (Å²) in [6.07, 6.45) is 3.46. The Morgan fingerprint density at radius 3 is 2.74 bits per heavy atom. The van der Waals surface area contributed by atoms with Crippen molar-refractivity contribution in [1.29, 1.82) is 5.26 Å². The second kappa shape index (κ2) is 5.02. The van der Waals surface area contributed by atoms with E-state index < -0.39 is 5.60 Å². The first kappa shape index (κ1) is 13.0. The van der Waals surface area contributed by atoms with Gasteiger partial charge in [0.2, 0.25) is 0 Å². The van der Waals surface area contributed by atoms with Gasteiger partial charge in [0, 0.05) is 23.5 Å². The van der Waals surface area contributed by atoms with Crippen LogP contribution in [0.25, 0.3) is 11.1 Å². The van der Waals surface area contributed by atoms with Gasteiger partial charge in [-0.15, -0.1) is 0 Å². The number of aromatic nitrogens is 1. The van der Waals surface area contributed by atoms with Crippen molar-refractivity contribution < 1.29 is 5.11 Å². The van der Waals surface area contributed by atoms with Gasteiger partial charge < -0.3 is 10.1 Å². The van der Waals surface area contributed by atoms with E-state index in [0.717, 1.165) is 16.7 Å². The first-order valence-corrected chi connectivity index (χ1v) is 5.92. The van der Waals surface area contributed by atoms with E-state index >= 15 is 0 Å². The van der Waals surface area contributed by atoms with Crippen molar-refractivity contribution in [3.8, 4) is 29.0 Å². The van der Waals surface area contributed by atoms with E-state index in [9.17, 15) is 5.11 Å². The normalized spacial score (nSPS) is 10.4. The molecule has 0 aliphatic carbocycles. The van der Waals surface area contributed by atoms with Crippen molar-refractivity contribution in [2.45, 2.75) is 19.4 Å². The summed E-state index contributed by atoms with van der Waals surface area (Å²) in [5.41, 5.74) is 2.19. The largest absolute Gasteiger partial charge is 0.378 e. The average molecular weight is 250 g/mol. The number of benzene rings is 1. The molecule has 0 saturated heterocycles. The van der Waals surface area contributed by atoms with E-state index in [1.54, 1.807) is 26.2 Å². The van der Waals surface area contributed by atoms with Gasteiger partial charge in [0.1, 0.15) is 11.7 Å². The summed E-state index contributed by atoms with van der Waals surface area (Å²) >= 11 is 0. The molecule has 0 fully saturated rings. The maximum Gasteiger partial charge on any atom is 0.120 e. The van der Waals surface area contributed by atoms with Crippen LogP contribution in [-0.4, -0.2) is 15.7 Å². The highest BCUT2D eigenvalue weighted by Gasteiger charge is 2.07. The Balaban J connectivity index is 2.40. The molecule has 1 aromatic carbocycles. The summed E-state index contributed by atoms with van der Waals surface area (Å²) in [6.45, 7) is 3.29. The summed E-state index contributed by atoms with van der Waals surface area (Å²) in [6, 6.07) is 9.74. The Morgan fingerprint density at radius 1 is 1.26 bits per heavy atom. The van der Waals surface area contributed by atoms with Crippen LogP contribution in [0.3, 0.4) is 0 Å². The third kappa shape index (κ3) is 3.25. The van der Waals surface area contributed by atoms with Crippen LogP contribution in [0.4, 0.5) is 0 Å². The molecule has 0 spiro atoms. The van der Waals surface area contributed by atoms with Gasteiger partial charge in [-0.3, -0.25) is 0 Å². The van der Waals surface area contributed by atoms with Gasteiger partial charge >= 0.3 is 0 Å². The smallest absolute Gasteiger partial charge is 0.120 e. The van der Waals surface area contributed by atoms with E-state index in [0.29, 0.717) is 5.56 Å². The zero-order chi connectivity index (χ0) is 13.9. The second-order valence-corrected chi connectivity index (χ2v) is 4.78. The highest BCUT2D eigenvalue weighted by atomic mass is 16.3. The highest BCUT2D eigenvalue weighted by molar-refractivity contribution is 5.71. The van der Waals surface area contributed by atoms with Crippen molar-refractivity contribution in [3.05, 3.63) is 47.8 Å². The van der Waals surface area contributed by atoms with Gasteiger partial charge in [0.05, 0.1) is 5.56 Å². The van der Waals surface area contributed by atoms with Crippen LogP contribution in [0.1, 0.15) is 25.0 Å². The highest BCUT2D eigenvalue weighted by Crippen LogP contribution is 2.23. The van der Waals surface area contributed by atoms with Crippen molar-refractivity contribution in [2.24, 2.45) is 0 Å². The fourth-order valence-electron chi connectivity index (χ4n) is 1.68. The molecule has 0 atom stereocenters. The Morgan fingerprint density at radius 2 is 2.05 bits per heavy atom. The van der Waals surface area contributed by atoms with Crippen LogP contribution >= 0.6 is 0 Å². The molecule has 3 heteroatoms. The topological polar surface area (TPSA) is 59.8 Å². The van der Waals surface area contributed by atoms with E-state index in [4.69, 9.17) is 5.26 Å². The standard InChI is InChI=1S/C16H14N2O/c1-16(2,19)7-6-12-4-3-5-13(8-12)15-11-18-10-14(15)9-17/h3-5,8,10-11,18-19H,1-2H3. The third-order valence-corrected chi connectivity index (χ3v) is 2.55.